The summed E-state index contributed by atoms with van der Waals surface area (Å²) in [6.07, 6.45) is 0.367. The van der Waals surface area contributed by atoms with Crippen molar-refractivity contribution in [2.45, 2.75) is 52.2 Å². The molecular formula is C16H28N4O3S. The van der Waals surface area contributed by atoms with Gasteiger partial charge in [0.15, 0.2) is 9.84 Å². The van der Waals surface area contributed by atoms with Crippen molar-refractivity contribution in [2.75, 3.05) is 18.6 Å². The molecule has 0 spiro atoms. The van der Waals surface area contributed by atoms with E-state index in [2.05, 4.69) is 10.4 Å². The number of sulfone groups is 1. The molecule has 1 N–H and O–H groups in total. The molecular weight excluding hydrogens is 328 g/mol. The lowest BCUT2D eigenvalue weighted by molar-refractivity contribution is -0.127. The first-order valence-corrected chi connectivity index (χ1v) is 10.1. The first kappa shape index (κ1) is 18.9. The quantitative estimate of drug-likeness (QED) is 0.812. The Balaban J connectivity index is 2.26. The zero-order valence-corrected chi connectivity index (χ0v) is 16.1. The maximum Gasteiger partial charge on any atom is 0.224 e. The van der Waals surface area contributed by atoms with E-state index in [9.17, 15) is 13.2 Å². The second-order valence-electron chi connectivity index (χ2n) is 6.73. The van der Waals surface area contributed by atoms with Crippen LogP contribution in [-0.4, -0.2) is 59.6 Å². The fourth-order valence-electron chi connectivity index (χ4n) is 3.54. The van der Waals surface area contributed by atoms with Crippen molar-refractivity contribution in [1.29, 1.82) is 0 Å². The van der Waals surface area contributed by atoms with Crippen LogP contribution in [0.5, 0.6) is 0 Å². The standard InChI is InChI=1S/C16H28N4O3S/c1-7-24(22,23)9-10(2)17-13-8-14(21)19(5)16(13)15-11(3)18-20(6)12(15)4/h10,13,16-17H,7-9H2,1-6H3/t10?,13-,16-/m1/s1. The number of aryl methyl sites for hydroxylation is 2. The van der Waals surface area contributed by atoms with Gasteiger partial charge in [0.2, 0.25) is 5.91 Å². The average molecular weight is 356 g/mol. The summed E-state index contributed by atoms with van der Waals surface area (Å²) in [5, 5.41) is 7.82. The molecule has 1 amide bonds. The number of nitrogens with one attached hydrogen (secondary N) is 1. The van der Waals surface area contributed by atoms with Crippen molar-refractivity contribution in [2.24, 2.45) is 7.05 Å². The molecule has 2 heterocycles. The molecule has 1 aliphatic rings. The second kappa shape index (κ2) is 6.84. The Morgan fingerprint density at radius 3 is 2.46 bits per heavy atom. The zero-order valence-electron chi connectivity index (χ0n) is 15.3. The highest BCUT2D eigenvalue weighted by Crippen LogP contribution is 2.35. The van der Waals surface area contributed by atoms with E-state index in [1.54, 1.807) is 18.9 Å². The Kier molecular flexibility index (Phi) is 5.39. The van der Waals surface area contributed by atoms with Crippen LogP contribution in [0, 0.1) is 13.8 Å². The lowest BCUT2D eigenvalue weighted by Gasteiger charge is -2.28. The Hall–Kier alpha value is -1.41. The Labute approximate surface area is 144 Å². The van der Waals surface area contributed by atoms with Crippen LogP contribution in [0.2, 0.25) is 0 Å². The number of likely N-dealkylation sites (tertiary alicyclic amines) is 1. The van der Waals surface area contributed by atoms with E-state index >= 15 is 0 Å². The van der Waals surface area contributed by atoms with Gasteiger partial charge >= 0.3 is 0 Å². The van der Waals surface area contributed by atoms with Gasteiger partial charge in [-0.1, -0.05) is 6.92 Å². The van der Waals surface area contributed by atoms with E-state index in [0.717, 1.165) is 17.0 Å². The third-order valence-corrected chi connectivity index (χ3v) is 6.78. The zero-order chi connectivity index (χ0) is 18.2. The topological polar surface area (TPSA) is 84.3 Å². The van der Waals surface area contributed by atoms with Gasteiger partial charge in [0.05, 0.1) is 17.5 Å². The number of carbonyl (C=O) groups is 1. The second-order valence-corrected chi connectivity index (χ2v) is 9.13. The minimum Gasteiger partial charge on any atom is -0.337 e. The lowest BCUT2D eigenvalue weighted by atomic mass is 9.98. The highest BCUT2D eigenvalue weighted by molar-refractivity contribution is 7.91. The van der Waals surface area contributed by atoms with Gasteiger partial charge in [0.1, 0.15) is 0 Å². The average Bonchev–Trinajstić information content (AvgIpc) is 2.87. The predicted molar refractivity (Wildman–Crippen MR) is 93.5 cm³/mol. The van der Waals surface area contributed by atoms with Gasteiger partial charge in [0, 0.05) is 49.6 Å². The molecule has 1 aliphatic heterocycles. The van der Waals surface area contributed by atoms with Crippen molar-refractivity contribution in [3.8, 4) is 0 Å². The van der Waals surface area contributed by atoms with Gasteiger partial charge in [-0.2, -0.15) is 5.10 Å². The van der Waals surface area contributed by atoms with Crippen LogP contribution in [-0.2, 0) is 21.7 Å². The van der Waals surface area contributed by atoms with Gasteiger partial charge in [-0.3, -0.25) is 9.48 Å². The fourth-order valence-corrected chi connectivity index (χ4v) is 4.64. The summed E-state index contributed by atoms with van der Waals surface area (Å²) in [6, 6.07) is -0.455. The number of hydrogen-bond donors (Lipinski definition) is 1. The highest BCUT2D eigenvalue weighted by atomic mass is 32.2. The van der Waals surface area contributed by atoms with Gasteiger partial charge in [-0.15, -0.1) is 0 Å². The minimum absolute atomic E-state index is 0.0608. The fraction of sp³-hybridized carbons (Fsp3) is 0.750. The number of aromatic nitrogens is 2. The van der Waals surface area contributed by atoms with Crippen LogP contribution in [0.15, 0.2) is 0 Å². The molecule has 3 atom stereocenters. The Morgan fingerprint density at radius 2 is 1.96 bits per heavy atom. The van der Waals surface area contributed by atoms with Crippen molar-refractivity contribution in [1.82, 2.24) is 20.0 Å². The van der Waals surface area contributed by atoms with Crippen LogP contribution in [0.1, 0.15) is 43.3 Å². The summed E-state index contributed by atoms with van der Waals surface area (Å²) in [7, 11) is 0.631. The molecule has 2 rings (SSSR count). The number of amides is 1. The van der Waals surface area contributed by atoms with Gasteiger partial charge in [-0.25, -0.2) is 8.42 Å². The maximum atomic E-state index is 12.3. The molecule has 136 valence electrons. The normalized spacial score (nSPS) is 23.1. The van der Waals surface area contributed by atoms with Crippen LogP contribution in [0.3, 0.4) is 0 Å². The molecule has 0 saturated carbocycles. The van der Waals surface area contributed by atoms with Crippen molar-refractivity contribution >= 4 is 15.7 Å². The number of carbonyl (C=O) groups excluding carboxylic acids is 1. The van der Waals surface area contributed by atoms with Crippen LogP contribution >= 0.6 is 0 Å². The summed E-state index contributed by atoms with van der Waals surface area (Å²) in [5.41, 5.74) is 2.98. The molecule has 1 unspecified atom stereocenters. The van der Waals surface area contributed by atoms with Crippen LogP contribution < -0.4 is 5.32 Å². The molecule has 1 saturated heterocycles. The lowest BCUT2D eigenvalue weighted by Crippen LogP contribution is -2.43. The van der Waals surface area contributed by atoms with Crippen LogP contribution in [0.25, 0.3) is 0 Å². The molecule has 1 aromatic rings. The number of likely N-dealkylation sites (N-methyl/N-ethyl adjacent to an activating group) is 1. The van der Waals surface area contributed by atoms with E-state index in [4.69, 9.17) is 0 Å². The molecule has 0 radical (unpaired) electrons. The number of hydrogen-bond acceptors (Lipinski definition) is 5. The maximum absolute atomic E-state index is 12.3. The van der Waals surface area contributed by atoms with Gasteiger partial charge in [-0.05, 0) is 20.8 Å². The van der Waals surface area contributed by atoms with Gasteiger partial charge < -0.3 is 10.2 Å². The number of rotatable bonds is 6. The summed E-state index contributed by atoms with van der Waals surface area (Å²) in [5.74, 6) is 0.272. The first-order chi connectivity index (χ1) is 11.1. The Morgan fingerprint density at radius 1 is 1.33 bits per heavy atom. The van der Waals surface area contributed by atoms with Crippen LogP contribution in [0.4, 0.5) is 0 Å². The summed E-state index contributed by atoms with van der Waals surface area (Å²) in [6.45, 7) is 7.45. The molecule has 8 heteroatoms. The summed E-state index contributed by atoms with van der Waals surface area (Å²) < 4.78 is 25.5. The minimum atomic E-state index is -3.06. The van der Waals surface area contributed by atoms with Crippen molar-refractivity contribution in [3.05, 3.63) is 17.0 Å². The molecule has 24 heavy (non-hydrogen) atoms. The molecule has 0 bridgehead atoms. The third-order valence-electron chi connectivity index (χ3n) is 4.89. The SMILES string of the molecule is CCS(=O)(=O)CC(C)N[C@@H]1CC(=O)N(C)[C@H]1c1c(C)nn(C)c1C. The van der Waals surface area contributed by atoms with Crippen molar-refractivity contribution in [3.63, 3.8) is 0 Å². The van der Waals surface area contributed by atoms with Gasteiger partial charge in [0.25, 0.3) is 0 Å². The predicted octanol–water partition coefficient (Wildman–Crippen LogP) is 0.722. The van der Waals surface area contributed by atoms with E-state index in [1.807, 2.05) is 32.5 Å². The molecule has 1 fully saturated rings. The Bertz CT molecular complexity index is 726. The van der Waals surface area contributed by atoms with E-state index in [0.29, 0.717) is 6.42 Å². The molecule has 1 aromatic heterocycles. The summed E-state index contributed by atoms with van der Waals surface area (Å²) in [4.78, 5) is 14.0. The van der Waals surface area contributed by atoms with E-state index < -0.39 is 9.84 Å². The largest absolute Gasteiger partial charge is 0.337 e. The number of nitrogens with zero attached hydrogens (tertiary/aromatic N) is 3. The molecule has 0 aliphatic carbocycles. The summed E-state index contributed by atoms with van der Waals surface area (Å²) >= 11 is 0. The van der Waals surface area contributed by atoms with E-state index in [-0.39, 0.29) is 35.5 Å². The third kappa shape index (κ3) is 3.64. The van der Waals surface area contributed by atoms with E-state index in [1.165, 1.54) is 0 Å². The smallest absolute Gasteiger partial charge is 0.224 e. The monoisotopic (exact) mass is 356 g/mol. The highest BCUT2D eigenvalue weighted by Gasteiger charge is 2.41. The molecule has 0 aromatic carbocycles. The molecule has 7 nitrogen and oxygen atoms in total. The first-order valence-electron chi connectivity index (χ1n) is 8.29. The van der Waals surface area contributed by atoms with Crippen molar-refractivity contribution < 1.29 is 13.2 Å².